The Kier molecular flexibility index (Phi) is 33.1. The Morgan fingerprint density at radius 1 is 0.419 bits per heavy atom. The summed E-state index contributed by atoms with van der Waals surface area (Å²) in [5, 5.41) is 10.2. The summed E-state index contributed by atoms with van der Waals surface area (Å²) in [5.74, 6) is 0. The van der Waals surface area contributed by atoms with E-state index in [0.29, 0.717) is 0 Å². The number of nitrogens with zero attached hydrogens (tertiary/aromatic N) is 1. The van der Waals surface area contributed by atoms with Gasteiger partial charge < -0.3 is 19.1 Å². The minimum Gasteiger partial charge on any atom is -0.393 e. The van der Waals surface area contributed by atoms with Gasteiger partial charge in [0, 0.05) is 6.61 Å². The van der Waals surface area contributed by atoms with E-state index in [-0.39, 0.29) is 18.9 Å². The highest BCUT2D eigenvalue weighted by Crippen LogP contribution is 2.19. The summed E-state index contributed by atoms with van der Waals surface area (Å²) in [6.07, 6.45) is 37.9. The molecule has 0 saturated carbocycles. The Bertz CT molecular complexity index is 527. The molecular formula is C39H82NO3+. The van der Waals surface area contributed by atoms with Crippen molar-refractivity contribution in [3.05, 3.63) is 0 Å². The Balaban J connectivity index is 3.88. The van der Waals surface area contributed by atoms with Crippen molar-refractivity contribution >= 4 is 0 Å². The van der Waals surface area contributed by atoms with E-state index in [2.05, 4.69) is 34.9 Å². The second-order valence-electron chi connectivity index (χ2n) is 14.1. The van der Waals surface area contributed by atoms with Crippen LogP contribution in [0, 0.1) is 0 Å². The third-order valence-electron chi connectivity index (χ3n) is 9.62. The minimum atomic E-state index is -0.247. The highest BCUT2D eigenvalue weighted by Gasteiger charge is 2.36. The second-order valence-corrected chi connectivity index (χ2v) is 14.1. The lowest BCUT2D eigenvalue weighted by Crippen LogP contribution is -2.57. The first kappa shape index (κ1) is 42.8. The Morgan fingerprint density at radius 2 is 0.698 bits per heavy atom. The van der Waals surface area contributed by atoms with E-state index in [4.69, 9.17) is 9.47 Å². The lowest BCUT2D eigenvalue weighted by Gasteiger charge is -2.40. The van der Waals surface area contributed by atoms with Crippen LogP contribution in [0.3, 0.4) is 0 Å². The zero-order valence-corrected chi connectivity index (χ0v) is 30.5. The van der Waals surface area contributed by atoms with Gasteiger partial charge in [-0.1, -0.05) is 181 Å². The molecule has 0 bridgehead atoms. The largest absolute Gasteiger partial charge is 0.393 e. The molecule has 260 valence electrons. The van der Waals surface area contributed by atoms with Gasteiger partial charge in [-0.05, 0) is 19.8 Å². The lowest BCUT2D eigenvalue weighted by molar-refractivity contribution is -0.940. The Morgan fingerprint density at radius 3 is 0.977 bits per heavy atom. The van der Waals surface area contributed by atoms with E-state index in [1.165, 1.54) is 167 Å². The molecule has 0 fully saturated rings. The van der Waals surface area contributed by atoms with Crippen LogP contribution in [0.4, 0.5) is 0 Å². The third-order valence-corrected chi connectivity index (χ3v) is 9.62. The highest BCUT2D eigenvalue weighted by molar-refractivity contribution is 4.63. The molecule has 0 aliphatic carbocycles. The van der Waals surface area contributed by atoms with Crippen molar-refractivity contribution < 1.29 is 19.1 Å². The zero-order valence-electron chi connectivity index (χ0n) is 30.5. The van der Waals surface area contributed by atoms with Gasteiger partial charge in [-0.3, -0.25) is 0 Å². The van der Waals surface area contributed by atoms with Crippen molar-refractivity contribution in [2.75, 3.05) is 40.5 Å². The van der Waals surface area contributed by atoms with E-state index < -0.39 is 0 Å². The van der Waals surface area contributed by atoms with E-state index in [0.717, 1.165) is 37.1 Å². The maximum atomic E-state index is 10.2. The molecule has 2 unspecified atom stereocenters. The van der Waals surface area contributed by atoms with Crippen LogP contribution < -0.4 is 0 Å². The fraction of sp³-hybridized carbons (Fsp3) is 1.00. The number of rotatable bonds is 36. The van der Waals surface area contributed by atoms with Gasteiger partial charge in [0.1, 0.15) is 0 Å². The van der Waals surface area contributed by atoms with Gasteiger partial charge in [0.25, 0.3) is 0 Å². The molecule has 0 aliphatic rings. The lowest BCUT2D eigenvalue weighted by atomic mass is 10.0. The van der Waals surface area contributed by atoms with Crippen LogP contribution in [0.25, 0.3) is 0 Å². The van der Waals surface area contributed by atoms with Gasteiger partial charge in [0.15, 0.2) is 6.10 Å². The third kappa shape index (κ3) is 27.8. The fourth-order valence-electron chi connectivity index (χ4n) is 6.20. The average molecular weight is 613 g/mol. The van der Waals surface area contributed by atoms with Crippen LogP contribution in [0.1, 0.15) is 201 Å². The van der Waals surface area contributed by atoms with Crippen molar-refractivity contribution in [2.24, 2.45) is 0 Å². The number of unbranched alkanes of at least 4 members (excludes halogenated alkanes) is 26. The molecular weight excluding hydrogens is 530 g/mol. The molecule has 0 radical (unpaired) electrons. The molecule has 0 rings (SSSR count). The number of aliphatic hydroxyl groups is 1. The minimum absolute atomic E-state index is 0.0314. The summed E-state index contributed by atoms with van der Waals surface area (Å²) in [7, 11) is 4.41. The number of likely N-dealkylation sites (N-methyl/N-ethyl adjacent to an activating group) is 1. The first-order valence-corrected chi connectivity index (χ1v) is 19.7. The topological polar surface area (TPSA) is 38.7 Å². The summed E-state index contributed by atoms with van der Waals surface area (Å²) < 4.78 is 13.4. The molecule has 0 aromatic heterocycles. The smallest absolute Gasteiger partial charge is 0.221 e. The first-order valence-electron chi connectivity index (χ1n) is 19.7. The summed E-state index contributed by atoms with van der Waals surface area (Å²) in [6.45, 7) is 9.27. The van der Waals surface area contributed by atoms with E-state index in [9.17, 15) is 5.11 Å². The molecule has 0 heterocycles. The predicted octanol–water partition coefficient (Wildman–Crippen LogP) is 11.8. The Labute approximate surface area is 272 Å². The number of hydrogen-bond acceptors (Lipinski definition) is 3. The summed E-state index contributed by atoms with van der Waals surface area (Å²) in [5.41, 5.74) is 0. The van der Waals surface area contributed by atoms with Gasteiger partial charge in [0.2, 0.25) is 6.23 Å². The van der Waals surface area contributed by atoms with E-state index in [1.807, 2.05) is 0 Å². The summed E-state index contributed by atoms with van der Waals surface area (Å²) in [4.78, 5) is 0. The summed E-state index contributed by atoms with van der Waals surface area (Å²) >= 11 is 0. The van der Waals surface area contributed by atoms with Gasteiger partial charge >= 0.3 is 0 Å². The molecule has 0 amide bonds. The quantitative estimate of drug-likeness (QED) is 0.0434. The maximum Gasteiger partial charge on any atom is 0.221 e. The van der Waals surface area contributed by atoms with Gasteiger partial charge in [-0.15, -0.1) is 0 Å². The number of ether oxygens (including phenoxy) is 2. The van der Waals surface area contributed by atoms with Crippen molar-refractivity contribution in [2.45, 2.75) is 213 Å². The first-order chi connectivity index (χ1) is 21.0. The molecule has 2 atom stereocenters. The van der Waals surface area contributed by atoms with Crippen LogP contribution in [0.15, 0.2) is 0 Å². The maximum absolute atomic E-state index is 10.2. The van der Waals surface area contributed by atoms with Gasteiger partial charge in [-0.2, -0.15) is 0 Å². The van der Waals surface area contributed by atoms with Gasteiger partial charge in [0.05, 0.1) is 33.9 Å². The van der Waals surface area contributed by atoms with Gasteiger partial charge in [-0.25, -0.2) is 0 Å². The van der Waals surface area contributed by atoms with Crippen LogP contribution in [0.2, 0.25) is 0 Å². The monoisotopic (exact) mass is 613 g/mol. The van der Waals surface area contributed by atoms with E-state index >= 15 is 0 Å². The molecule has 4 nitrogen and oxygen atoms in total. The molecule has 0 spiro atoms. The zero-order chi connectivity index (χ0) is 31.7. The molecule has 43 heavy (non-hydrogen) atoms. The predicted molar refractivity (Wildman–Crippen MR) is 190 cm³/mol. The highest BCUT2D eigenvalue weighted by atomic mass is 16.6. The second kappa shape index (κ2) is 33.2. The normalized spacial score (nSPS) is 13.5. The molecule has 0 aromatic rings. The summed E-state index contributed by atoms with van der Waals surface area (Å²) in [6, 6.07) is 0. The molecule has 0 saturated heterocycles. The van der Waals surface area contributed by atoms with E-state index in [1.54, 1.807) is 0 Å². The Hall–Kier alpha value is -0.160. The van der Waals surface area contributed by atoms with Crippen molar-refractivity contribution in [3.63, 3.8) is 0 Å². The number of quaternary nitrogens is 1. The number of aliphatic hydroxyl groups excluding tert-OH is 1. The average Bonchev–Trinajstić information content (AvgIpc) is 3.01. The van der Waals surface area contributed by atoms with Crippen LogP contribution in [0.5, 0.6) is 0 Å². The standard InChI is InChI=1S/C39H82NO3/c1-6-9-11-13-15-17-19-21-23-25-27-29-31-33-35-42-38(37-41)39(40(4,5)8-3)43-36-34-32-30-28-26-24-22-20-18-16-14-12-10-7-2/h38-39,41H,6-37H2,1-5H3/q+1. The molecule has 4 heteroatoms. The molecule has 1 N–H and O–H groups in total. The van der Waals surface area contributed by atoms with Crippen molar-refractivity contribution in [3.8, 4) is 0 Å². The number of hydrogen-bond donors (Lipinski definition) is 1. The van der Waals surface area contributed by atoms with Crippen LogP contribution >= 0.6 is 0 Å². The SMILES string of the molecule is CCCCCCCCCCCCCCCCOC(CO)C(OCCCCCCCCCCCCCCCC)[N+](C)(C)CC. The van der Waals surface area contributed by atoms with Crippen LogP contribution in [-0.4, -0.2) is 62.4 Å². The van der Waals surface area contributed by atoms with Crippen LogP contribution in [-0.2, 0) is 9.47 Å². The molecule has 0 aliphatic heterocycles. The van der Waals surface area contributed by atoms with Crippen molar-refractivity contribution in [1.29, 1.82) is 0 Å². The molecule has 0 aromatic carbocycles. The van der Waals surface area contributed by atoms with Crippen molar-refractivity contribution in [1.82, 2.24) is 0 Å². The fourth-order valence-corrected chi connectivity index (χ4v) is 6.20.